The maximum Gasteiger partial charge on any atom is 0.410 e. The topological polar surface area (TPSA) is 81.9 Å². The minimum absolute atomic E-state index is 0. The Labute approximate surface area is 120 Å². The standard InChI is InChI=1S/C12H22N2O4.ClH/c1-5-17-10(15)8-6-14(7-9(8)13)11(16)18-12(2,3)4;/h8-9H,5-7,13H2,1-4H3;1H/t8-,9-;/m0./s1. The first-order chi connectivity index (χ1) is 8.24. The van der Waals surface area contributed by atoms with Crippen molar-refractivity contribution in [1.29, 1.82) is 0 Å². The number of esters is 1. The van der Waals surface area contributed by atoms with Gasteiger partial charge in [-0.1, -0.05) is 0 Å². The summed E-state index contributed by atoms with van der Waals surface area (Å²) in [7, 11) is 0. The zero-order chi connectivity index (χ0) is 13.9. The maximum absolute atomic E-state index is 11.8. The highest BCUT2D eigenvalue weighted by atomic mass is 35.5. The van der Waals surface area contributed by atoms with E-state index in [-0.39, 0.29) is 24.9 Å². The summed E-state index contributed by atoms with van der Waals surface area (Å²) < 4.78 is 10.2. The number of nitrogens with two attached hydrogens (primary N) is 1. The summed E-state index contributed by atoms with van der Waals surface area (Å²) in [6.45, 7) is 8.02. The van der Waals surface area contributed by atoms with Crippen LogP contribution in [0.3, 0.4) is 0 Å². The molecule has 0 unspecified atom stereocenters. The molecule has 1 heterocycles. The predicted octanol–water partition coefficient (Wildman–Crippen LogP) is 1.17. The van der Waals surface area contributed by atoms with Gasteiger partial charge in [0.1, 0.15) is 5.60 Å². The number of likely N-dealkylation sites (tertiary alicyclic amines) is 1. The second-order valence-electron chi connectivity index (χ2n) is 5.41. The molecule has 112 valence electrons. The molecular weight excluding hydrogens is 272 g/mol. The summed E-state index contributed by atoms with van der Waals surface area (Å²) >= 11 is 0. The number of rotatable bonds is 2. The molecule has 0 aromatic carbocycles. The first-order valence-electron chi connectivity index (χ1n) is 6.14. The van der Waals surface area contributed by atoms with Crippen LogP contribution in [-0.2, 0) is 14.3 Å². The lowest BCUT2D eigenvalue weighted by Crippen LogP contribution is -2.36. The molecule has 0 radical (unpaired) electrons. The van der Waals surface area contributed by atoms with Gasteiger partial charge in [0.15, 0.2) is 0 Å². The van der Waals surface area contributed by atoms with Crippen molar-refractivity contribution >= 4 is 24.5 Å². The van der Waals surface area contributed by atoms with Crippen LogP contribution >= 0.6 is 12.4 Å². The van der Waals surface area contributed by atoms with E-state index in [0.29, 0.717) is 13.2 Å². The lowest BCUT2D eigenvalue weighted by Gasteiger charge is -2.24. The first kappa shape index (κ1) is 18.0. The van der Waals surface area contributed by atoms with E-state index in [2.05, 4.69) is 0 Å². The molecule has 0 aromatic rings. The quantitative estimate of drug-likeness (QED) is 0.773. The molecule has 1 rings (SSSR count). The molecule has 1 amide bonds. The number of halogens is 1. The number of hydrogen-bond donors (Lipinski definition) is 1. The molecule has 0 saturated carbocycles. The van der Waals surface area contributed by atoms with Gasteiger partial charge in [-0.2, -0.15) is 0 Å². The largest absolute Gasteiger partial charge is 0.466 e. The lowest BCUT2D eigenvalue weighted by atomic mass is 10.1. The number of amides is 1. The van der Waals surface area contributed by atoms with Gasteiger partial charge in [-0.15, -0.1) is 12.4 Å². The average Bonchev–Trinajstić information content (AvgIpc) is 2.58. The van der Waals surface area contributed by atoms with Gasteiger partial charge in [0.25, 0.3) is 0 Å². The molecule has 1 aliphatic heterocycles. The van der Waals surface area contributed by atoms with Crippen LogP contribution in [0.5, 0.6) is 0 Å². The number of hydrogen-bond acceptors (Lipinski definition) is 5. The number of carbonyl (C=O) groups excluding carboxylic acids is 2. The second kappa shape index (κ2) is 6.96. The summed E-state index contributed by atoms with van der Waals surface area (Å²) in [5, 5.41) is 0. The van der Waals surface area contributed by atoms with Gasteiger partial charge in [-0.05, 0) is 27.7 Å². The molecule has 6 nitrogen and oxygen atoms in total. The fourth-order valence-electron chi connectivity index (χ4n) is 1.80. The summed E-state index contributed by atoms with van der Waals surface area (Å²) in [5.41, 5.74) is 5.30. The summed E-state index contributed by atoms with van der Waals surface area (Å²) in [5.74, 6) is -0.812. The van der Waals surface area contributed by atoms with Gasteiger partial charge in [-0.3, -0.25) is 4.79 Å². The van der Waals surface area contributed by atoms with E-state index < -0.39 is 23.7 Å². The van der Waals surface area contributed by atoms with Gasteiger partial charge < -0.3 is 20.1 Å². The maximum atomic E-state index is 11.8. The highest BCUT2D eigenvalue weighted by Gasteiger charge is 2.39. The fourth-order valence-corrected chi connectivity index (χ4v) is 1.80. The van der Waals surface area contributed by atoms with Crippen molar-refractivity contribution in [3.05, 3.63) is 0 Å². The van der Waals surface area contributed by atoms with E-state index >= 15 is 0 Å². The summed E-state index contributed by atoms with van der Waals surface area (Å²) in [4.78, 5) is 24.9. The Morgan fingerprint density at radius 1 is 1.32 bits per heavy atom. The van der Waals surface area contributed by atoms with E-state index in [4.69, 9.17) is 15.2 Å². The highest BCUT2D eigenvalue weighted by molar-refractivity contribution is 5.85. The predicted molar refractivity (Wildman–Crippen MR) is 73.2 cm³/mol. The lowest BCUT2D eigenvalue weighted by molar-refractivity contribution is -0.147. The normalized spacial score (nSPS) is 22.7. The van der Waals surface area contributed by atoms with E-state index in [1.54, 1.807) is 27.7 Å². The van der Waals surface area contributed by atoms with Crippen LogP contribution in [0.15, 0.2) is 0 Å². The highest BCUT2D eigenvalue weighted by Crippen LogP contribution is 2.20. The smallest absolute Gasteiger partial charge is 0.410 e. The monoisotopic (exact) mass is 294 g/mol. The van der Waals surface area contributed by atoms with E-state index in [1.807, 2.05) is 0 Å². The molecule has 0 spiro atoms. The van der Waals surface area contributed by atoms with Crippen molar-refractivity contribution in [3.8, 4) is 0 Å². The van der Waals surface area contributed by atoms with Gasteiger partial charge in [0, 0.05) is 19.1 Å². The molecule has 1 saturated heterocycles. The van der Waals surface area contributed by atoms with Crippen molar-refractivity contribution < 1.29 is 19.1 Å². The minimum atomic E-state index is -0.552. The number of ether oxygens (including phenoxy) is 2. The van der Waals surface area contributed by atoms with Crippen molar-refractivity contribution in [3.63, 3.8) is 0 Å². The average molecular weight is 295 g/mol. The third-order valence-electron chi connectivity index (χ3n) is 2.61. The van der Waals surface area contributed by atoms with Crippen molar-refractivity contribution in [2.45, 2.75) is 39.3 Å². The van der Waals surface area contributed by atoms with Crippen LogP contribution in [0.2, 0.25) is 0 Å². The van der Waals surface area contributed by atoms with Gasteiger partial charge in [-0.25, -0.2) is 4.79 Å². The molecule has 1 fully saturated rings. The van der Waals surface area contributed by atoms with Crippen LogP contribution < -0.4 is 5.73 Å². The van der Waals surface area contributed by atoms with Crippen molar-refractivity contribution in [1.82, 2.24) is 4.90 Å². The number of carbonyl (C=O) groups is 2. The van der Waals surface area contributed by atoms with E-state index in [0.717, 1.165) is 0 Å². The minimum Gasteiger partial charge on any atom is -0.466 e. The van der Waals surface area contributed by atoms with Crippen LogP contribution in [0.25, 0.3) is 0 Å². The molecule has 19 heavy (non-hydrogen) atoms. The SMILES string of the molecule is CCOC(=O)[C@H]1CN(C(=O)OC(C)(C)C)C[C@@H]1N.Cl. The van der Waals surface area contributed by atoms with Crippen molar-refractivity contribution in [2.24, 2.45) is 11.7 Å². The van der Waals surface area contributed by atoms with Crippen LogP contribution in [0, 0.1) is 5.92 Å². The van der Waals surface area contributed by atoms with Crippen LogP contribution in [0.1, 0.15) is 27.7 Å². The number of nitrogens with zero attached hydrogens (tertiary/aromatic N) is 1. The Morgan fingerprint density at radius 2 is 1.89 bits per heavy atom. The third-order valence-corrected chi connectivity index (χ3v) is 2.61. The Balaban J connectivity index is 0.00000324. The molecule has 2 N–H and O–H groups in total. The zero-order valence-corrected chi connectivity index (χ0v) is 12.7. The van der Waals surface area contributed by atoms with Gasteiger partial charge in [0.2, 0.25) is 0 Å². The third kappa shape index (κ3) is 5.24. The van der Waals surface area contributed by atoms with E-state index in [9.17, 15) is 9.59 Å². The van der Waals surface area contributed by atoms with Gasteiger partial charge >= 0.3 is 12.1 Å². The Hall–Kier alpha value is -1.01. The van der Waals surface area contributed by atoms with Gasteiger partial charge in [0.05, 0.1) is 12.5 Å². The zero-order valence-electron chi connectivity index (χ0n) is 11.8. The summed E-state index contributed by atoms with van der Waals surface area (Å²) in [6, 6.07) is -0.392. The first-order valence-corrected chi connectivity index (χ1v) is 6.14. The molecular formula is C12H23ClN2O4. The molecule has 2 atom stereocenters. The van der Waals surface area contributed by atoms with Crippen LogP contribution in [0.4, 0.5) is 4.79 Å². The molecule has 7 heteroatoms. The molecule has 0 bridgehead atoms. The van der Waals surface area contributed by atoms with Crippen LogP contribution in [-0.4, -0.2) is 48.3 Å². The summed E-state index contributed by atoms with van der Waals surface area (Å²) in [6.07, 6.45) is -0.440. The fraction of sp³-hybridized carbons (Fsp3) is 0.833. The van der Waals surface area contributed by atoms with Crippen molar-refractivity contribution in [2.75, 3.05) is 19.7 Å². The molecule has 1 aliphatic rings. The second-order valence-corrected chi connectivity index (χ2v) is 5.41. The molecule has 0 aliphatic carbocycles. The Bertz CT molecular complexity index is 330. The molecule has 0 aromatic heterocycles. The Morgan fingerprint density at radius 3 is 2.37 bits per heavy atom. The van der Waals surface area contributed by atoms with E-state index in [1.165, 1.54) is 4.90 Å². The Kier molecular flexibility index (Phi) is 6.59.